The van der Waals surface area contributed by atoms with E-state index in [2.05, 4.69) is 134 Å². The Balaban J connectivity index is 1.17. The number of nitrogens with zero attached hydrogens (tertiary/aromatic N) is 4. The van der Waals surface area contributed by atoms with E-state index in [1.54, 1.807) is 0 Å². The van der Waals surface area contributed by atoms with E-state index in [4.69, 9.17) is 4.98 Å². The summed E-state index contributed by atoms with van der Waals surface area (Å²) in [5, 5.41) is 0. The number of likely N-dealkylation sites (tertiary alicyclic amines) is 1. The maximum atomic E-state index is 4.78. The largest absolute Gasteiger partial charge is 0.364 e. The van der Waals surface area contributed by atoms with Crippen molar-refractivity contribution in [2.24, 2.45) is 0 Å². The maximum Gasteiger partial charge on any atom is 0.0705 e. The van der Waals surface area contributed by atoms with Gasteiger partial charge in [-0.25, -0.2) is 0 Å². The molecule has 0 amide bonds. The van der Waals surface area contributed by atoms with Crippen LogP contribution in [0.15, 0.2) is 97.3 Å². The molecule has 1 saturated heterocycles. The van der Waals surface area contributed by atoms with E-state index in [1.165, 1.54) is 55.8 Å². The molecule has 0 N–H and O–H groups in total. The standard InChI is InChI=1S/C40H44N4/c1-28-6-10-35(11-7-28)39-24-33(14-18-41-39)26-43-20-16-38(17-21-43)44(37-12-8-29(2)9-13-37)27-34-15-19-42-40(25-34)36-22-30(3)32(5)31(4)23-36/h6-15,18-19,22-25,38H,16-17,20-21,26-27H2,1-5H3. The highest BCUT2D eigenvalue weighted by Crippen LogP contribution is 2.29. The molecule has 0 radical (unpaired) electrons. The zero-order chi connectivity index (χ0) is 30.6. The normalized spacial score (nSPS) is 14.1. The van der Waals surface area contributed by atoms with Gasteiger partial charge in [0.2, 0.25) is 0 Å². The van der Waals surface area contributed by atoms with Crippen LogP contribution in [-0.4, -0.2) is 34.0 Å². The summed E-state index contributed by atoms with van der Waals surface area (Å²) in [6, 6.07) is 31.6. The Morgan fingerprint density at radius 2 is 1.18 bits per heavy atom. The van der Waals surface area contributed by atoms with Crippen molar-refractivity contribution in [3.05, 3.63) is 136 Å². The lowest BCUT2D eigenvalue weighted by Crippen LogP contribution is -2.44. The summed E-state index contributed by atoms with van der Waals surface area (Å²) in [6.07, 6.45) is 6.21. The summed E-state index contributed by atoms with van der Waals surface area (Å²) in [5.41, 5.74) is 15.0. The number of hydrogen-bond acceptors (Lipinski definition) is 4. The van der Waals surface area contributed by atoms with Crippen molar-refractivity contribution < 1.29 is 0 Å². The monoisotopic (exact) mass is 580 g/mol. The second kappa shape index (κ2) is 13.2. The lowest BCUT2D eigenvalue weighted by molar-refractivity contribution is 0.201. The van der Waals surface area contributed by atoms with Gasteiger partial charge in [0.1, 0.15) is 0 Å². The third-order valence-electron chi connectivity index (χ3n) is 9.34. The molecular weight excluding hydrogens is 536 g/mol. The second-order valence-electron chi connectivity index (χ2n) is 12.7. The highest BCUT2D eigenvalue weighted by atomic mass is 15.2. The Labute approximate surface area is 263 Å². The zero-order valence-corrected chi connectivity index (χ0v) is 26.8. The van der Waals surface area contributed by atoms with Crippen LogP contribution in [0.25, 0.3) is 22.5 Å². The molecule has 44 heavy (non-hydrogen) atoms. The minimum atomic E-state index is 0.481. The number of anilines is 1. The minimum absolute atomic E-state index is 0.481. The average molecular weight is 581 g/mol. The first kappa shape index (κ1) is 29.8. The summed E-state index contributed by atoms with van der Waals surface area (Å²) < 4.78 is 0. The van der Waals surface area contributed by atoms with Crippen molar-refractivity contribution in [2.75, 3.05) is 18.0 Å². The van der Waals surface area contributed by atoms with Crippen molar-refractivity contribution in [3.8, 4) is 22.5 Å². The molecule has 3 heterocycles. The van der Waals surface area contributed by atoms with Crippen LogP contribution in [0.3, 0.4) is 0 Å². The van der Waals surface area contributed by atoms with E-state index in [9.17, 15) is 0 Å². The van der Waals surface area contributed by atoms with Crippen LogP contribution in [0.4, 0.5) is 5.69 Å². The molecule has 4 heteroatoms. The molecule has 0 aliphatic carbocycles. The average Bonchev–Trinajstić information content (AvgIpc) is 3.04. The molecule has 0 spiro atoms. The van der Waals surface area contributed by atoms with E-state index in [1.807, 2.05) is 12.4 Å². The minimum Gasteiger partial charge on any atom is -0.364 e. The number of piperidine rings is 1. The van der Waals surface area contributed by atoms with Gasteiger partial charge in [0, 0.05) is 61.4 Å². The van der Waals surface area contributed by atoms with E-state index in [0.717, 1.165) is 50.4 Å². The molecule has 6 rings (SSSR count). The molecule has 1 aliphatic rings. The van der Waals surface area contributed by atoms with Gasteiger partial charge in [-0.05, 0) is 124 Å². The third-order valence-corrected chi connectivity index (χ3v) is 9.34. The molecule has 224 valence electrons. The molecule has 0 atom stereocenters. The molecule has 1 aliphatic heterocycles. The summed E-state index contributed by atoms with van der Waals surface area (Å²) in [5.74, 6) is 0. The van der Waals surface area contributed by atoms with Crippen LogP contribution in [-0.2, 0) is 13.1 Å². The van der Waals surface area contributed by atoms with Crippen LogP contribution >= 0.6 is 0 Å². The number of aromatic nitrogens is 2. The van der Waals surface area contributed by atoms with Gasteiger partial charge in [-0.15, -0.1) is 0 Å². The van der Waals surface area contributed by atoms with E-state index in [-0.39, 0.29) is 0 Å². The van der Waals surface area contributed by atoms with Gasteiger partial charge in [-0.1, -0.05) is 47.5 Å². The van der Waals surface area contributed by atoms with E-state index < -0.39 is 0 Å². The van der Waals surface area contributed by atoms with Crippen molar-refractivity contribution in [2.45, 2.75) is 66.6 Å². The molecule has 5 aromatic rings. The molecule has 3 aromatic carbocycles. The van der Waals surface area contributed by atoms with Crippen LogP contribution in [0.2, 0.25) is 0 Å². The number of hydrogen-bond donors (Lipinski definition) is 0. The summed E-state index contributed by atoms with van der Waals surface area (Å²) in [4.78, 5) is 14.7. The Bertz CT molecular complexity index is 1690. The van der Waals surface area contributed by atoms with Gasteiger partial charge in [0.05, 0.1) is 11.4 Å². The predicted molar refractivity (Wildman–Crippen MR) is 184 cm³/mol. The highest BCUT2D eigenvalue weighted by molar-refractivity contribution is 5.64. The van der Waals surface area contributed by atoms with Crippen molar-refractivity contribution >= 4 is 5.69 Å². The van der Waals surface area contributed by atoms with Crippen molar-refractivity contribution in [1.29, 1.82) is 0 Å². The van der Waals surface area contributed by atoms with Gasteiger partial charge in [0.25, 0.3) is 0 Å². The van der Waals surface area contributed by atoms with E-state index in [0.29, 0.717) is 6.04 Å². The predicted octanol–water partition coefficient (Wildman–Crippen LogP) is 9.02. The molecule has 2 aromatic heterocycles. The number of rotatable bonds is 8. The number of aryl methyl sites for hydroxylation is 4. The first-order valence-electron chi connectivity index (χ1n) is 15.9. The summed E-state index contributed by atoms with van der Waals surface area (Å²) in [6.45, 7) is 14.9. The SMILES string of the molecule is Cc1ccc(-c2cc(CN3CCC(N(Cc4ccnc(-c5cc(C)c(C)c(C)c5)c4)c4ccc(C)cc4)CC3)ccn2)cc1. The number of benzene rings is 3. The van der Waals surface area contributed by atoms with Crippen LogP contribution in [0.1, 0.15) is 51.8 Å². The molecule has 4 nitrogen and oxygen atoms in total. The summed E-state index contributed by atoms with van der Waals surface area (Å²) >= 11 is 0. The second-order valence-corrected chi connectivity index (χ2v) is 12.7. The van der Waals surface area contributed by atoms with Crippen molar-refractivity contribution in [3.63, 3.8) is 0 Å². The molecule has 1 fully saturated rings. The Hall–Kier alpha value is -4.28. The highest BCUT2D eigenvalue weighted by Gasteiger charge is 2.25. The number of pyridine rings is 2. The first-order chi connectivity index (χ1) is 21.3. The summed E-state index contributed by atoms with van der Waals surface area (Å²) in [7, 11) is 0. The Morgan fingerprint density at radius 1 is 0.636 bits per heavy atom. The van der Waals surface area contributed by atoms with Crippen LogP contribution < -0.4 is 4.90 Å². The van der Waals surface area contributed by atoms with E-state index >= 15 is 0 Å². The van der Waals surface area contributed by atoms with Gasteiger partial charge >= 0.3 is 0 Å². The lowest BCUT2D eigenvalue weighted by atomic mass is 9.97. The molecular formula is C40H44N4. The van der Waals surface area contributed by atoms with Gasteiger partial charge < -0.3 is 4.90 Å². The smallest absolute Gasteiger partial charge is 0.0705 e. The molecule has 0 saturated carbocycles. The lowest BCUT2D eigenvalue weighted by Gasteiger charge is -2.40. The quantitative estimate of drug-likeness (QED) is 0.183. The fourth-order valence-corrected chi connectivity index (χ4v) is 6.38. The third kappa shape index (κ3) is 6.92. The van der Waals surface area contributed by atoms with Gasteiger partial charge in [-0.2, -0.15) is 0 Å². The van der Waals surface area contributed by atoms with Crippen LogP contribution in [0.5, 0.6) is 0 Å². The van der Waals surface area contributed by atoms with Gasteiger partial charge in [0.15, 0.2) is 0 Å². The van der Waals surface area contributed by atoms with Crippen LogP contribution in [0, 0.1) is 34.6 Å². The van der Waals surface area contributed by atoms with Gasteiger partial charge in [-0.3, -0.25) is 14.9 Å². The molecule has 0 bridgehead atoms. The maximum absolute atomic E-state index is 4.78. The first-order valence-corrected chi connectivity index (χ1v) is 15.9. The molecule has 0 unspecified atom stereocenters. The zero-order valence-electron chi connectivity index (χ0n) is 26.8. The Morgan fingerprint density at radius 3 is 1.82 bits per heavy atom. The van der Waals surface area contributed by atoms with Crippen molar-refractivity contribution in [1.82, 2.24) is 14.9 Å². The fraction of sp³-hybridized carbons (Fsp3) is 0.300. The fourth-order valence-electron chi connectivity index (χ4n) is 6.38. The Kier molecular flexibility index (Phi) is 8.90. The topological polar surface area (TPSA) is 32.3 Å².